The van der Waals surface area contributed by atoms with Gasteiger partial charge in [-0.05, 0) is 18.8 Å². The van der Waals surface area contributed by atoms with Gasteiger partial charge in [0.2, 0.25) is 5.91 Å². The molecule has 120 valence electrons. The molecule has 1 amide bonds. The molecule has 0 fully saturated rings. The van der Waals surface area contributed by atoms with E-state index in [0.29, 0.717) is 0 Å². The normalized spacial score (nSPS) is 13.5. The molecule has 0 aliphatic heterocycles. The standard InChI is InChI=1S/C13H21NO7/c1-7(2)8(12(18)19)3-5-10(15)14-9(13(20)21)4-6-11(16)17/h7-9H,3-6H2,1-2H3,(H,14,15)(H,16,17)(H,18,19)(H,20,21)/t8-,9+/m0/s1. The lowest BCUT2D eigenvalue weighted by molar-refractivity contribution is -0.145. The van der Waals surface area contributed by atoms with Gasteiger partial charge in [-0.3, -0.25) is 14.4 Å². The van der Waals surface area contributed by atoms with Gasteiger partial charge >= 0.3 is 17.9 Å². The minimum absolute atomic E-state index is 0.101. The topological polar surface area (TPSA) is 141 Å². The molecule has 8 heteroatoms. The highest BCUT2D eigenvalue weighted by atomic mass is 16.4. The average Bonchev–Trinajstić information content (AvgIpc) is 2.32. The molecule has 0 aromatic rings. The molecule has 0 bridgehead atoms. The fourth-order valence-electron chi connectivity index (χ4n) is 1.82. The van der Waals surface area contributed by atoms with E-state index in [2.05, 4.69) is 5.32 Å². The van der Waals surface area contributed by atoms with Crippen molar-refractivity contribution in [2.75, 3.05) is 0 Å². The highest BCUT2D eigenvalue weighted by Crippen LogP contribution is 2.17. The Labute approximate surface area is 122 Å². The smallest absolute Gasteiger partial charge is 0.326 e. The second kappa shape index (κ2) is 8.93. The predicted molar refractivity (Wildman–Crippen MR) is 71.6 cm³/mol. The first kappa shape index (κ1) is 18.9. The minimum Gasteiger partial charge on any atom is -0.481 e. The van der Waals surface area contributed by atoms with E-state index in [4.69, 9.17) is 15.3 Å². The molecular weight excluding hydrogens is 282 g/mol. The second-order valence-corrected chi connectivity index (χ2v) is 5.12. The zero-order valence-corrected chi connectivity index (χ0v) is 12.0. The van der Waals surface area contributed by atoms with Gasteiger partial charge in [-0.25, -0.2) is 4.79 Å². The summed E-state index contributed by atoms with van der Waals surface area (Å²) in [6.07, 6.45) is -0.611. The molecule has 0 rings (SSSR count). The van der Waals surface area contributed by atoms with Crippen molar-refractivity contribution >= 4 is 23.8 Å². The van der Waals surface area contributed by atoms with Gasteiger partial charge in [0.15, 0.2) is 0 Å². The van der Waals surface area contributed by atoms with E-state index in [0.717, 1.165) is 0 Å². The Morgan fingerprint density at radius 1 is 0.905 bits per heavy atom. The fourth-order valence-corrected chi connectivity index (χ4v) is 1.82. The third-order valence-electron chi connectivity index (χ3n) is 3.08. The Morgan fingerprint density at radius 3 is 1.86 bits per heavy atom. The molecule has 0 heterocycles. The maximum absolute atomic E-state index is 11.6. The molecule has 0 spiro atoms. The van der Waals surface area contributed by atoms with Crippen molar-refractivity contribution in [3.63, 3.8) is 0 Å². The molecule has 0 saturated heterocycles. The van der Waals surface area contributed by atoms with E-state index >= 15 is 0 Å². The van der Waals surface area contributed by atoms with Crippen LogP contribution in [0.4, 0.5) is 0 Å². The van der Waals surface area contributed by atoms with Crippen molar-refractivity contribution in [1.82, 2.24) is 5.32 Å². The quantitative estimate of drug-likeness (QED) is 0.462. The van der Waals surface area contributed by atoms with E-state index in [1.54, 1.807) is 13.8 Å². The average molecular weight is 303 g/mol. The third kappa shape index (κ3) is 7.91. The number of rotatable bonds is 10. The van der Waals surface area contributed by atoms with Crippen molar-refractivity contribution in [3.05, 3.63) is 0 Å². The molecule has 0 aromatic heterocycles. The van der Waals surface area contributed by atoms with Gasteiger partial charge in [0.1, 0.15) is 6.04 Å². The number of hydrogen-bond donors (Lipinski definition) is 4. The predicted octanol–water partition coefficient (Wildman–Crippen LogP) is 0.558. The lowest BCUT2D eigenvalue weighted by atomic mass is 9.91. The number of carboxylic acid groups (broad SMARTS) is 3. The van der Waals surface area contributed by atoms with Crippen molar-refractivity contribution in [2.24, 2.45) is 11.8 Å². The summed E-state index contributed by atoms with van der Waals surface area (Å²) in [5.74, 6) is -4.89. The molecule has 0 saturated carbocycles. The van der Waals surface area contributed by atoms with Crippen LogP contribution in [0.1, 0.15) is 39.5 Å². The van der Waals surface area contributed by atoms with Crippen LogP contribution in [-0.2, 0) is 19.2 Å². The molecule has 0 aliphatic rings. The molecule has 8 nitrogen and oxygen atoms in total. The van der Waals surface area contributed by atoms with Gasteiger partial charge in [-0.15, -0.1) is 0 Å². The van der Waals surface area contributed by atoms with Gasteiger partial charge in [0, 0.05) is 12.8 Å². The Morgan fingerprint density at radius 2 is 1.48 bits per heavy atom. The van der Waals surface area contributed by atoms with Gasteiger partial charge in [-0.2, -0.15) is 0 Å². The van der Waals surface area contributed by atoms with Crippen LogP contribution in [0.25, 0.3) is 0 Å². The van der Waals surface area contributed by atoms with Crippen molar-refractivity contribution in [2.45, 2.75) is 45.6 Å². The van der Waals surface area contributed by atoms with E-state index in [1.165, 1.54) is 0 Å². The first-order valence-corrected chi connectivity index (χ1v) is 6.61. The first-order valence-electron chi connectivity index (χ1n) is 6.61. The van der Waals surface area contributed by atoms with Crippen LogP contribution < -0.4 is 5.32 Å². The summed E-state index contributed by atoms with van der Waals surface area (Å²) in [6.45, 7) is 3.45. The summed E-state index contributed by atoms with van der Waals surface area (Å²) in [5.41, 5.74) is 0. The van der Waals surface area contributed by atoms with Crippen molar-refractivity contribution < 1.29 is 34.5 Å². The number of aliphatic carboxylic acids is 3. The second-order valence-electron chi connectivity index (χ2n) is 5.12. The van der Waals surface area contributed by atoms with Crippen molar-refractivity contribution in [1.29, 1.82) is 0 Å². The summed E-state index contributed by atoms with van der Waals surface area (Å²) >= 11 is 0. The molecule has 0 radical (unpaired) electrons. The van der Waals surface area contributed by atoms with Gasteiger partial charge in [0.05, 0.1) is 5.92 Å². The fraction of sp³-hybridized carbons (Fsp3) is 0.692. The van der Waals surface area contributed by atoms with E-state index in [-0.39, 0.29) is 31.6 Å². The molecule has 21 heavy (non-hydrogen) atoms. The van der Waals surface area contributed by atoms with Crippen molar-refractivity contribution in [3.8, 4) is 0 Å². The van der Waals surface area contributed by atoms with Crippen LogP contribution in [-0.4, -0.2) is 45.2 Å². The number of hydrogen-bond acceptors (Lipinski definition) is 4. The highest BCUT2D eigenvalue weighted by molar-refractivity contribution is 5.84. The Hall–Kier alpha value is -2.12. The molecule has 4 N–H and O–H groups in total. The lowest BCUT2D eigenvalue weighted by Gasteiger charge is -2.17. The van der Waals surface area contributed by atoms with Crippen LogP contribution in [0.3, 0.4) is 0 Å². The largest absolute Gasteiger partial charge is 0.481 e. The summed E-state index contributed by atoms with van der Waals surface area (Å²) in [5, 5.41) is 28.6. The molecule has 2 atom stereocenters. The maximum Gasteiger partial charge on any atom is 0.326 e. The van der Waals surface area contributed by atoms with Crippen LogP contribution in [0.2, 0.25) is 0 Å². The maximum atomic E-state index is 11.6. The van der Waals surface area contributed by atoms with Gasteiger partial charge in [0.25, 0.3) is 0 Å². The number of carboxylic acids is 3. The monoisotopic (exact) mass is 303 g/mol. The molecular formula is C13H21NO7. The Kier molecular flexibility index (Phi) is 8.03. The summed E-state index contributed by atoms with van der Waals surface area (Å²) in [6, 6.07) is -1.28. The van der Waals surface area contributed by atoms with Crippen LogP contribution in [0, 0.1) is 11.8 Å². The summed E-state index contributed by atoms with van der Waals surface area (Å²) in [4.78, 5) is 43.9. The number of nitrogens with one attached hydrogen (secondary N) is 1. The van der Waals surface area contributed by atoms with Gasteiger partial charge < -0.3 is 20.6 Å². The number of carbonyl (C=O) groups is 4. The van der Waals surface area contributed by atoms with Crippen LogP contribution in [0.5, 0.6) is 0 Å². The lowest BCUT2D eigenvalue weighted by Crippen LogP contribution is -2.41. The van der Waals surface area contributed by atoms with E-state index < -0.39 is 35.8 Å². The van der Waals surface area contributed by atoms with E-state index in [9.17, 15) is 19.2 Å². The van der Waals surface area contributed by atoms with E-state index in [1.807, 2.05) is 0 Å². The van der Waals surface area contributed by atoms with Crippen LogP contribution >= 0.6 is 0 Å². The zero-order chi connectivity index (χ0) is 16.6. The zero-order valence-electron chi connectivity index (χ0n) is 12.0. The highest BCUT2D eigenvalue weighted by Gasteiger charge is 2.24. The number of carbonyl (C=O) groups excluding carboxylic acids is 1. The molecule has 0 aromatic carbocycles. The number of amides is 1. The Bertz CT molecular complexity index is 405. The SMILES string of the molecule is CC(C)[C@H](CCC(=O)N[C@H](CCC(=O)O)C(=O)O)C(=O)O. The molecule has 0 unspecified atom stereocenters. The Balaban J connectivity index is 4.40. The minimum atomic E-state index is -1.32. The third-order valence-corrected chi connectivity index (χ3v) is 3.08. The first-order chi connectivity index (χ1) is 9.65. The summed E-state index contributed by atoms with van der Waals surface area (Å²) in [7, 11) is 0. The van der Waals surface area contributed by atoms with Crippen LogP contribution in [0.15, 0.2) is 0 Å². The van der Waals surface area contributed by atoms with Gasteiger partial charge in [-0.1, -0.05) is 13.8 Å². The molecule has 0 aliphatic carbocycles. The summed E-state index contributed by atoms with van der Waals surface area (Å²) < 4.78 is 0.